The normalized spacial score (nSPS) is 17.9. The number of nitrogens with zero attached hydrogens (tertiary/aromatic N) is 4. The van der Waals surface area contributed by atoms with Gasteiger partial charge < -0.3 is 9.80 Å². The molecule has 0 radical (unpaired) electrons. The lowest BCUT2D eigenvalue weighted by Crippen LogP contribution is -2.28. The lowest BCUT2D eigenvalue weighted by Gasteiger charge is -2.18. The lowest BCUT2D eigenvalue weighted by molar-refractivity contribution is -0.116. The predicted molar refractivity (Wildman–Crippen MR) is 99.2 cm³/mol. The molecular weight excluding hydrogens is 320 g/mol. The van der Waals surface area contributed by atoms with E-state index in [0.29, 0.717) is 0 Å². The Bertz CT molecular complexity index is 673. The molecule has 1 aromatic carbocycles. The standard InChI is InChI=1S/C18H24N4OS/c1-20(13-15-6-4-3-5-7-15)10-11-24-17-8-9-22(18(17)23)16-12-19-21(2)14-16/h3-7,12,14,17H,8-11,13H2,1-2H3/t17-/m0/s1. The number of hydrogen-bond acceptors (Lipinski definition) is 4. The Morgan fingerprint density at radius 2 is 2.12 bits per heavy atom. The van der Waals surface area contributed by atoms with Crippen molar-refractivity contribution in [3.8, 4) is 0 Å². The molecule has 1 amide bonds. The average molecular weight is 344 g/mol. The van der Waals surface area contributed by atoms with E-state index in [1.165, 1.54) is 5.56 Å². The van der Waals surface area contributed by atoms with Crippen LogP contribution in [0.25, 0.3) is 0 Å². The molecule has 1 aliphatic heterocycles. The van der Waals surface area contributed by atoms with E-state index in [1.54, 1.807) is 22.6 Å². The Morgan fingerprint density at radius 1 is 1.33 bits per heavy atom. The maximum atomic E-state index is 12.5. The minimum Gasteiger partial charge on any atom is -0.308 e. The second kappa shape index (κ2) is 7.85. The van der Waals surface area contributed by atoms with Crippen molar-refractivity contribution in [1.82, 2.24) is 14.7 Å². The number of thioether (sulfide) groups is 1. The highest BCUT2D eigenvalue weighted by molar-refractivity contribution is 8.00. The Labute approximate surface area is 147 Å². The van der Waals surface area contributed by atoms with Gasteiger partial charge in [0.15, 0.2) is 0 Å². The molecule has 128 valence electrons. The summed E-state index contributed by atoms with van der Waals surface area (Å²) in [6.45, 7) is 2.72. The maximum absolute atomic E-state index is 12.5. The largest absolute Gasteiger partial charge is 0.308 e. The molecule has 0 saturated carbocycles. The molecule has 0 bridgehead atoms. The van der Waals surface area contributed by atoms with Crippen LogP contribution in [0.15, 0.2) is 42.7 Å². The van der Waals surface area contributed by atoms with Crippen LogP contribution in [0.5, 0.6) is 0 Å². The van der Waals surface area contributed by atoms with Crippen LogP contribution in [0.4, 0.5) is 5.69 Å². The first-order chi connectivity index (χ1) is 11.6. The van der Waals surface area contributed by atoms with Gasteiger partial charge in [0.1, 0.15) is 0 Å². The van der Waals surface area contributed by atoms with E-state index in [9.17, 15) is 4.79 Å². The molecule has 1 saturated heterocycles. The van der Waals surface area contributed by atoms with Crippen LogP contribution in [0, 0.1) is 0 Å². The summed E-state index contributed by atoms with van der Waals surface area (Å²) in [6.07, 6.45) is 4.58. The van der Waals surface area contributed by atoms with E-state index < -0.39 is 0 Å². The fraction of sp³-hybridized carbons (Fsp3) is 0.444. The molecule has 1 atom stereocenters. The monoisotopic (exact) mass is 344 g/mol. The molecule has 5 nitrogen and oxygen atoms in total. The third-order valence-corrected chi connectivity index (χ3v) is 5.50. The Hall–Kier alpha value is -1.79. The highest BCUT2D eigenvalue weighted by atomic mass is 32.2. The van der Waals surface area contributed by atoms with E-state index in [1.807, 2.05) is 24.2 Å². The van der Waals surface area contributed by atoms with Gasteiger partial charge in [-0.2, -0.15) is 5.10 Å². The molecule has 1 aliphatic rings. The SMILES string of the molecule is CN(CCS[C@H]1CCN(c2cnn(C)c2)C1=O)Cc1ccccc1. The molecule has 1 fully saturated rings. The highest BCUT2D eigenvalue weighted by Crippen LogP contribution is 2.28. The number of carbonyl (C=O) groups excluding carboxylic acids is 1. The van der Waals surface area contributed by atoms with Crippen molar-refractivity contribution in [3.05, 3.63) is 48.3 Å². The van der Waals surface area contributed by atoms with Gasteiger partial charge in [0, 0.05) is 38.6 Å². The number of carbonyl (C=O) groups is 1. The zero-order valence-corrected chi connectivity index (χ0v) is 15.1. The Morgan fingerprint density at radius 3 is 2.83 bits per heavy atom. The first kappa shape index (κ1) is 17.0. The van der Waals surface area contributed by atoms with Gasteiger partial charge in [0.25, 0.3) is 0 Å². The summed E-state index contributed by atoms with van der Waals surface area (Å²) in [7, 11) is 4.00. The average Bonchev–Trinajstić information content (AvgIpc) is 3.15. The Balaban J connectivity index is 1.43. The summed E-state index contributed by atoms with van der Waals surface area (Å²) in [5.74, 6) is 1.19. The first-order valence-electron chi connectivity index (χ1n) is 8.27. The van der Waals surface area contributed by atoms with Gasteiger partial charge in [-0.05, 0) is 19.0 Å². The molecular formula is C18H24N4OS. The van der Waals surface area contributed by atoms with Crippen molar-refractivity contribution < 1.29 is 4.79 Å². The third-order valence-electron chi connectivity index (χ3n) is 4.25. The molecule has 24 heavy (non-hydrogen) atoms. The van der Waals surface area contributed by atoms with E-state index in [-0.39, 0.29) is 11.2 Å². The van der Waals surface area contributed by atoms with Crippen molar-refractivity contribution >= 4 is 23.4 Å². The zero-order valence-electron chi connectivity index (χ0n) is 14.3. The second-order valence-corrected chi connectivity index (χ2v) is 7.54. The van der Waals surface area contributed by atoms with Crippen LogP contribution < -0.4 is 4.90 Å². The minimum absolute atomic E-state index is 0.0790. The lowest BCUT2D eigenvalue weighted by atomic mass is 10.2. The van der Waals surface area contributed by atoms with Crippen molar-refractivity contribution in [1.29, 1.82) is 0 Å². The summed E-state index contributed by atoms with van der Waals surface area (Å²) < 4.78 is 1.74. The van der Waals surface area contributed by atoms with Crippen LogP contribution in [-0.2, 0) is 18.4 Å². The second-order valence-electron chi connectivity index (χ2n) is 6.23. The van der Waals surface area contributed by atoms with Crippen molar-refractivity contribution in [3.63, 3.8) is 0 Å². The first-order valence-corrected chi connectivity index (χ1v) is 9.32. The van der Waals surface area contributed by atoms with Crippen LogP contribution >= 0.6 is 11.8 Å². The molecule has 1 aromatic heterocycles. The summed E-state index contributed by atoms with van der Waals surface area (Å²) in [4.78, 5) is 16.7. The number of hydrogen-bond donors (Lipinski definition) is 0. The molecule has 0 unspecified atom stereocenters. The molecule has 0 spiro atoms. The van der Waals surface area contributed by atoms with Crippen molar-refractivity contribution in [2.24, 2.45) is 7.05 Å². The number of aryl methyl sites for hydroxylation is 1. The number of aromatic nitrogens is 2. The van der Waals surface area contributed by atoms with Crippen LogP contribution in [0.3, 0.4) is 0 Å². The van der Waals surface area contributed by atoms with Crippen LogP contribution in [0.1, 0.15) is 12.0 Å². The summed E-state index contributed by atoms with van der Waals surface area (Å²) in [5.41, 5.74) is 2.23. The zero-order chi connectivity index (χ0) is 16.9. The van der Waals surface area contributed by atoms with Gasteiger partial charge in [-0.25, -0.2) is 0 Å². The number of amides is 1. The quantitative estimate of drug-likeness (QED) is 0.773. The molecule has 2 aromatic rings. The molecule has 0 N–H and O–H groups in total. The van der Waals surface area contributed by atoms with Gasteiger partial charge >= 0.3 is 0 Å². The minimum atomic E-state index is 0.0790. The predicted octanol–water partition coefficient (Wildman–Crippen LogP) is 2.39. The van der Waals surface area contributed by atoms with Gasteiger partial charge in [0.05, 0.1) is 17.1 Å². The highest BCUT2D eigenvalue weighted by Gasteiger charge is 2.33. The number of anilines is 1. The smallest absolute Gasteiger partial charge is 0.240 e. The molecule has 3 rings (SSSR count). The van der Waals surface area contributed by atoms with E-state index in [4.69, 9.17) is 0 Å². The fourth-order valence-electron chi connectivity index (χ4n) is 2.94. The molecule has 6 heteroatoms. The van der Waals surface area contributed by atoms with Crippen LogP contribution in [-0.4, -0.2) is 51.7 Å². The summed E-state index contributed by atoms with van der Waals surface area (Å²) in [5, 5.41) is 4.23. The van der Waals surface area contributed by atoms with Crippen LogP contribution in [0.2, 0.25) is 0 Å². The van der Waals surface area contributed by atoms with E-state index >= 15 is 0 Å². The van der Waals surface area contributed by atoms with Gasteiger partial charge in [-0.1, -0.05) is 30.3 Å². The van der Waals surface area contributed by atoms with Crippen molar-refractivity contribution in [2.45, 2.75) is 18.2 Å². The Kier molecular flexibility index (Phi) is 5.58. The fourth-order valence-corrected chi connectivity index (χ4v) is 4.18. The molecule has 0 aliphatic carbocycles. The van der Waals surface area contributed by atoms with Gasteiger partial charge in [0.2, 0.25) is 5.91 Å². The summed E-state index contributed by atoms with van der Waals surface area (Å²) in [6, 6.07) is 10.5. The number of rotatable bonds is 7. The molecule has 2 heterocycles. The van der Waals surface area contributed by atoms with Crippen molar-refractivity contribution in [2.75, 3.05) is 30.8 Å². The topological polar surface area (TPSA) is 41.4 Å². The van der Waals surface area contributed by atoms with Gasteiger partial charge in [-0.3, -0.25) is 9.48 Å². The number of benzene rings is 1. The summed E-state index contributed by atoms with van der Waals surface area (Å²) >= 11 is 1.78. The van der Waals surface area contributed by atoms with E-state index in [0.717, 1.165) is 37.5 Å². The maximum Gasteiger partial charge on any atom is 0.240 e. The third kappa shape index (κ3) is 4.19. The van der Waals surface area contributed by atoms with E-state index in [2.05, 4.69) is 41.3 Å². The van der Waals surface area contributed by atoms with Gasteiger partial charge in [-0.15, -0.1) is 11.8 Å².